The van der Waals surface area contributed by atoms with E-state index in [9.17, 15) is 0 Å². The van der Waals surface area contributed by atoms with Gasteiger partial charge in [-0.3, -0.25) is 0 Å². The lowest BCUT2D eigenvalue weighted by Gasteiger charge is -2.26. The monoisotopic (exact) mass is 490 g/mol. The summed E-state index contributed by atoms with van der Waals surface area (Å²) in [7, 11) is 0. The third kappa shape index (κ3) is 3.14. The summed E-state index contributed by atoms with van der Waals surface area (Å²) in [6.07, 6.45) is 11.7. The zero-order valence-electron chi connectivity index (χ0n) is 20.6. The Balaban J connectivity index is 1.51. The Morgan fingerprint density at radius 3 is 2.19 bits per heavy atom. The van der Waals surface area contributed by atoms with Gasteiger partial charge in [-0.15, -0.1) is 11.3 Å². The largest absolute Gasteiger partial charge is 0.140 e. The molecule has 2 aliphatic carbocycles. The Morgan fingerprint density at radius 1 is 0.568 bits per heavy atom. The molecule has 1 heteroatoms. The van der Waals surface area contributed by atoms with E-state index >= 15 is 0 Å². The molecule has 176 valence electrons. The molecule has 0 N–H and O–H groups in total. The molecule has 0 unspecified atom stereocenters. The van der Waals surface area contributed by atoms with Crippen LogP contribution in [0.1, 0.15) is 40.0 Å². The maximum Gasteiger partial charge on any atom is 0.0352 e. The van der Waals surface area contributed by atoms with Crippen molar-refractivity contribution in [3.05, 3.63) is 130 Å². The van der Waals surface area contributed by atoms with E-state index in [-0.39, 0.29) is 0 Å². The number of allylic oxidation sites excluding steroid dienone is 2. The zero-order valence-corrected chi connectivity index (χ0v) is 21.4. The highest BCUT2D eigenvalue weighted by Gasteiger charge is 2.27. The minimum Gasteiger partial charge on any atom is -0.140 e. The molecule has 0 radical (unpaired) electrons. The minimum atomic E-state index is 1.08. The van der Waals surface area contributed by atoms with Gasteiger partial charge in [0.15, 0.2) is 0 Å². The first-order valence-electron chi connectivity index (χ1n) is 13.3. The van der Waals surface area contributed by atoms with Crippen molar-refractivity contribution in [3.8, 4) is 11.1 Å². The van der Waals surface area contributed by atoms with Gasteiger partial charge in [0.1, 0.15) is 0 Å². The van der Waals surface area contributed by atoms with Gasteiger partial charge in [-0.2, -0.15) is 0 Å². The van der Waals surface area contributed by atoms with E-state index < -0.39 is 0 Å². The molecule has 0 nitrogen and oxygen atoms in total. The maximum absolute atomic E-state index is 2.52. The third-order valence-corrected chi connectivity index (χ3v) is 9.42. The van der Waals surface area contributed by atoms with Crippen LogP contribution in [0.15, 0.2) is 103 Å². The highest BCUT2D eigenvalue weighted by atomic mass is 32.1. The van der Waals surface area contributed by atoms with Crippen molar-refractivity contribution in [2.45, 2.75) is 25.7 Å². The number of hydrogen-bond donors (Lipinski definition) is 0. The van der Waals surface area contributed by atoms with Crippen molar-refractivity contribution >= 4 is 54.6 Å². The van der Waals surface area contributed by atoms with Crippen LogP contribution < -0.4 is 0 Å². The Hall–Kier alpha value is -3.94. The Bertz CT molecular complexity index is 1920. The first-order valence-corrected chi connectivity index (χ1v) is 14.1. The molecule has 0 aliphatic heterocycles. The van der Waals surface area contributed by atoms with Gasteiger partial charge in [0.05, 0.1) is 0 Å². The number of fused-ring (bicyclic) bond motifs is 6. The molecular formula is C36H26S. The smallest absolute Gasteiger partial charge is 0.0352 e. The lowest BCUT2D eigenvalue weighted by atomic mass is 9.77. The molecular weight excluding hydrogens is 464 g/mol. The summed E-state index contributed by atoms with van der Waals surface area (Å²) in [5.41, 5.74) is 10.0. The molecule has 37 heavy (non-hydrogen) atoms. The number of thiophene rings is 1. The zero-order chi connectivity index (χ0) is 24.3. The molecule has 0 saturated heterocycles. The molecule has 0 fully saturated rings. The third-order valence-electron chi connectivity index (χ3n) is 8.19. The SMILES string of the molecule is C1=Cc2c(c(-c3cccc4ccccc34)c3ccccc3c2C2=CCCc3sc4ccccc4c32)CC1. The molecule has 0 spiro atoms. The highest BCUT2D eigenvalue weighted by molar-refractivity contribution is 7.19. The second-order valence-electron chi connectivity index (χ2n) is 10.2. The van der Waals surface area contributed by atoms with Gasteiger partial charge in [0, 0.05) is 20.5 Å². The molecule has 2 aliphatic rings. The fourth-order valence-corrected chi connectivity index (χ4v) is 7.90. The first kappa shape index (κ1) is 21.2. The van der Waals surface area contributed by atoms with Gasteiger partial charge in [-0.25, -0.2) is 0 Å². The van der Waals surface area contributed by atoms with E-state index in [1.807, 2.05) is 11.3 Å². The van der Waals surface area contributed by atoms with Crippen LogP contribution >= 0.6 is 11.3 Å². The van der Waals surface area contributed by atoms with Gasteiger partial charge >= 0.3 is 0 Å². The van der Waals surface area contributed by atoms with Crippen LogP contribution in [-0.4, -0.2) is 0 Å². The summed E-state index contributed by atoms with van der Waals surface area (Å²) in [5, 5.41) is 6.78. The van der Waals surface area contributed by atoms with E-state index in [2.05, 4.69) is 109 Å². The summed E-state index contributed by atoms with van der Waals surface area (Å²) in [5.74, 6) is 0. The normalized spacial score (nSPS) is 14.6. The first-order chi connectivity index (χ1) is 18.4. The minimum absolute atomic E-state index is 1.08. The molecule has 1 aromatic heterocycles. The summed E-state index contributed by atoms with van der Waals surface area (Å²) in [4.78, 5) is 1.54. The van der Waals surface area contributed by atoms with Crippen molar-refractivity contribution in [1.82, 2.24) is 0 Å². The van der Waals surface area contributed by atoms with Crippen LogP contribution in [0.3, 0.4) is 0 Å². The van der Waals surface area contributed by atoms with Crippen LogP contribution in [-0.2, 0) is 12.8 Å². The topological polar surface area (TPSA) is 0 Å². The van der Waals surface area contributed by atoms with Crippen LogP contribution in [0.4, 0.5) is 0 Å². The van der Waals surface area contributed by atoms with Crippen molar-refractivity contribution in [1.29, 1.82) is 0 Å². The predicted octanol–water partition coefficient (Wildman–Crippen LogP) is 10.2. The van der Waals surface area contributed by atoms with Crippen molar-refractivity contribution < 1.29 is 0 Å². The Morgan fingerprint density at radius 2 is 1.30 bits per heavy atom. The summed E-state index contributed by atoms with van der Waals surface area (Å²) in [6.45, 7) is 0. The molecule has 1 heterocycles. The van der Waals surface area contributed by atoms with E-state index in [4.69, 9.17) is 0 Å². The van der Waals surface area contributed by atoms with Gasteiger partial charge in [-0.1, -0.05) is 103 Å². The standard InChI is InChI=1S/C36H26S/c1-2-13-24-23(11-1)12-9-19-25(24)34-26-14-3-5-16-28(26)35(29-17-6-4-15-27(29)34)31-20-10-22-33-36(31)30-18-7-8-21-32(30)37-33/h1-3,5-9,11-14,16-21H,4,10,15,22H2. The van der Waals surface area contributed by atoms with Crippen LogP contribution in [0.5, 0.6) is 0 Å². The molecule has 8 rings (SSSR count). The summed E-state index contributed by atoms with van der Waals surface area (Å²) >= 11 is 1.98. The summed E-state index contributed by atoms with van der Waals surface area (Å²) in [6, 6.07) is 33.7. The number of rotatable bonds is 2. The second kappa shape index (κ2) is 8.30. The fraction of sp³-hybridized carbons (Fsp3) is 0.111. The maximum atomic E-state index is 2.52. The number of hydrogen-bond acceptors (Lipinski definition) is 1. The van der Waals surface area contributed by atoms with E-state index in [0.717, 1.165) is 25.7 Å². The second-order valence-corrected chi connectivity index (χ2v) is 11.3. The van der Waals surface area contributed by atoms with Gasteiger partial charge in [0.2, 0.25) is 0 Å². The number of benzene rings is 5. The lowest BCUT2D eigenvalue weighted by molar-refractivity contribution is 0.986. The summed E-state index contributed by atoms with van der Waals surface area (Å²) < 4.78 is 1.40. The van der Waals surface area contributed by atoms with Crippen molar-refractivity contribution in [2.24, 2.45) is 0 Å². The van der Waals surface area contributed by atoms with Crippen molar-refractivity contribution in [2.75, 3.05) is 0 Å². The van der Waals surface area contributed by atoms with Gasteiger partial charge in [-0.05, 0) is 86.7 Å². The van der Waals surface area contributed by atoms with E-state index in [0.29, 0.717) is 0 Å². The molecule has 6 aromatic rings. The number of aryl methyl sites for hydroxylation is 1. The Kier molecular flexibility index (Phi) is 4.75. The average Bonchev–Trinajstić information content (AvgIpc) is 3.35. The van der Waals surface area contributed by atoms with E-state index in [1.165, 1.54) is 75.5 Å². The van der Waals surface area contributed by atoms with Crippen LogP contribution in [0, 0.1) is 0 Å². The lowest BCUT2D eigenvalue weighted by Crippen LogP contribution is -2.07. The van der Waals surface area contributed by atoms with Crippen molar-refractivity contribution in [3.63, 3.8) is 0 Å². The quantitative estimate of drug-likeness (QED) is 0.226. The van der Waals surface area contributed by atoms with E-state index in [1.54, 1.807) is 0 Å². The predicted molar refractivity (Wildman–Crippen MR) is 161 cm³/mol. The van der Waals surface area contributed by atoms with Gasteiger partial charge in [0.25, 0.3) is 0 Å². The van der Waals surface area contributed by atoms with Crippen LogP contribution in [0.2, 0.25) is 0 Å². The molecule has 0 atom stereocenters. The van der Waals surface area contributed by atoms with Crippen LogP contribution in [0.25, 0.3) is 54.4 Å². The molecule has 0 bridgehead atoms. The molecule has 0 amide bonds. The molecule has 0 saturated carbocycles. The Labute approximate surface area is 221 Å². The molecule has 5 aromatic carbocycles. The fourth-order valence-electron chi connectivity index (χ4n) is 6.67. The van der Waals surface area contributed by atoms with Gasteiger partial charge < -0.3 is 0 Å². The highest BCUT2D eigenvalue weighted by Crippen LogP contribution is 2.49. The average molecular weight is 491 g/mol.